The molecule has 2 aromatic rings. The summed E-state index contributed by atoms with van der Waals surface area (Å²) >= 11 is 0. The first kappa shape index (κ1) is 15.4. The van der Waals surface area contributed by atoms with Crippen LogP contribution in [0.5, 0.6) is 0 Å². The fourth-order valence-corrected chi connectivity index (χ4v) is 1.67. The molecule has 0 saturated carbocycles. The van der Waals surface area contributed by atoms with Gasteiger partial charge in [-0.3, -0.25) is 9.59 Å². The molecule has 0 spiro atoms. The van der Waals surface area contributed by atoms with Gasteiger partial charge < -0.3 is 10.6 Å². The molecule has 0 aliphatic rings. The third-order valence-corrected chi connectivity index (χ3v) is 2.72. The van der Waals surface area contributed by atoms with Gasteiger partial charge in [0.2, 0.25) is 0 Å². The fraction of sp³-hybridized carbons (Fsp3) is 0.0625. The second-order valence-electron chi connectivity index (χ2n) is 4.37. The Balaban J connectivity index is 2.11. The highest BCUT2D eigenvalue weighted by atomic mass is 19.1. The highest BCUT2D eigenvalue weighted by Crippen LogP contribution is 2.10. The van der Waals surface area contributed by atoms with Crippen LogP contribution in [0.25, 0.3) is 0 Å². The molecule has 1 aromatic heterocycles. The topological polar surface area (TPSA) is 71.1 Å². The zero-order valence-electron chi connectivity index (χ0n) is 11.7. The Kier molecular flexibility index (Phi) is 4.98. The number of aromatic nitrogens is 1. The minimum Gasteiger partial charge on any atom is -0.347 e. The standard InChI is InChI=1S/C16H14FN3O2/c1-2-10-18-15(21)13-4-3-5-14(20-13)16(22)19-12-8-6-11(17)7-9-12/h2-9H,1,10H2,(H,18,21)(H,19,22). The van der Waals surface area contributed by atoms with E-state index in [9.17, 15) is 14.0 Å². The minimum atomic E-state index is -0.482. The zero-order valence-corrected chi connectivity index (χ0v) is 11.7. The van der Waals surface area contributed by atoms with Gasteiger partial charge in [0.1, 0.15) is 17.2 Å². The summed E-state index contributed by atoms with van der Waals surface area (Å²) in [7, 11) is 0. The quantitative estimate of drug-likeness (QED) is 0.833. The predicted octanol–water partition coefficient (Wildman–Crippen LogP) is 2.39. The molecule has 0 unspecified atom stereocenters. The van der Waals surface area contributed by atoms with E-state index >= 15 is 0 Å². The Morgan fingerprint density at radius 2 is 1.73 bits per heavy atom. The summed E-state index contributed by atoms with van der Waals surface area (Å²) < 4.78 is 12.8. The van der Waals surface area contributed by atoms with Crippen LogP contribution in [0.3, 0.4) is 0 Å². The van der Waals surface area contributed by atoms with Gasteiger partial charge in [-0.1, -0.05) is 12.1 Å². The molecule has 0 radical (unpaired) electrons. The van der Waals surface area contributed by atoms with Crippen LogP contribution in [0.15, 0.2) is 55.1 Å². The van der Waals surface area contributed by atoms with E-state index in [0.29, 0.717) is 12.2 Å². The number of rotatable bonds is 5. The van der Waals surface area contributed by atoms with Gasteiger partial charge in [-0.05, 0) is 36.4 Å². The smallest absolute Gasteiger partial charge is 0.274 e. The normalized spacial score (nSPS) is 9.86. The van der Waals surface area contributed by atoms with E-state index in [-0.39, 0.29) is 11.4 Å². The molecule has 0 aliphatic heterocycles. The maximum atomic E-state index is 12.8. The van der Waals surface area contributed by atoms with Crippen LogP contribution in [0.4, 0.5) is 10.1 Å². The van der Waals surface area contributed by atoms with E-state index in [1.165, 1.54) is 36.4 Å². The van der Waals surface area contributed by atoms with Gasteiger partial charge in [-0.2, -0.15) is 0 Å². The monoisotopic (exact) mass is 299 g/mol. The molecular weight excluding hydrogens is 285 g/mol. The van der Waals surface area contributed by atoms with Crippen molar-refractivity contribution in [3.05, 3.63) is 72.3 Å². The predicted molar refractivity (Wildman–Crippen MR) is 81.1 cm³/mol. The van der Waals surface area contributed by atoms with Crippen molar-refractivity contribution in [2.45, 2.75) is 0 Å². The number of carbonyl (C=O) groups is 2. The van der Waals surface area contributed by atoms with Gasteiger partial charge in [0.25, 0.3) is 11.8 Å². The van der Waals surface area contributed by atoms with Gasteiger partial charge in [0, 0.05) is 12.2 Å². The number of benzene rings is 1. The summed E-state index contributed by atoms with van der Waals surface area (Å²) in [5.74, 6) is -1.27. The Morgan fingerprint density at radius 1 is 1.09 bits per heavy atom. The number of hydrogen-bond acceptors (Lipinski definition) is 3. The molecule has 2 amide bonds. The van der Waals surface area contributed by atoms with Crippen LogP contribution in [0, 0.1) is 5.82 Å². The lowest BCUT2D eigenvalue weighted by Gasteiger charge is -2.06. The third-order valence-electron chi connectivity index (χ3n) is 2.72. The highest BCUT2D eigenvalue weighted by molar-refractivity contribution is 6.03. The van der Waals surface area contributed by atoms with Gasteiger partial charge in [0.05, 0.1) is 0 Å². The molecule has 22 heavy (non-hydrogen) atoms. The molecule has 0 saturated heterocycles. The van der Waals surface area contributed by atoms with E-state index in [1.54, 1.807) is 12.1 Å². The number of amides is 2. The van der Waals surface area contributed by atoms with Crippen molar-refractivity contribution in [2.24, 2.45) is 0 Å². The summed E-state index contributed by atoms with van der Waals surface area (Å²) in [6.07, 6.45) is 1.54. The number of nitrogens with zero attached hydrogens (tertiary/aromatic N) is 1. The molecule has 5 nitrogen and oxygen atoms in total. The van der Waals surface area contributed by atoms with Crippen molar-refractivity contribution in [1.82, 2.24) is 10.3 Å². The van der Waals surface area contributed by atoms with E-state index in [1.807, 2.05) is 0 Å². The van der Waals surface area contributed by atoms with Gasteiger partial charge >= 0.3 is 0 Å². The summed E-state index contributed by atoms with van der Waals surface area (Å²) in [5, 5.41) is 5.16. The minimum absolute atomic E-state index is 0.0931. The largest absolute Gasteiger partial charge is 0.347 e. The Hall–Kier alpha value is -3.02. The second-order valence-corrected chi connectivity index (χ2v) is 4.37. The lowest BCUT2D eigenvalue weighted by atomic mass is 10.2. The van der Waals surface area contributed by atoms with E-state index in [2.05, 4.69) is 22.2 Å². The Labute approximate surface area is 126 Å². The van der Waals surface area contributed by atoms with Crippen molar-refractivity contribution in [3.63, 3.8) is 0 Å². The first-order valence-electron chi connectivity index (χ1n) is 6.53. The lowest BCUT2D eigenvalue weighted by Crippen LogP contribution is -2.25. The number of anilines is 1. The molecule has 6 heteroatoms. The first-order valence-corrected chi connectivity index (χ1v) is 6.53. The molecule has 1 heterocycles. The maximum Gasteiger partial charge on any atom is 0.274 e. The summed E-state index contributed by atoms with van der Waals surface area (Å²) in [4.78, 5) is 27.9. The summed E-state index contributed by atoms with van der Waals surface area (Å²) in [5.41, 5.74) is 0.666. The van der Waals surface area contributed by atoms with Crippen molar-refractivity contribution in [1.29, 1.82) is 0 Å². The van der Waals surface area contributed by atoms with Crippen molar-refractivity contribution in [3.8, 4) is 0 Å². The number of halogens is 1. The van der Waals surface area contributed by atoms with Crippen LogP contribution in [0.2, 0.25) is 0 Å². The molecule has 1 aromatic carbocycles. The second kappa shape index (κ2) is 7.12. The van der Waals surface area contributed by atoms with Crippen molar-refractivity contribution < 1.29 is 14.0 Å². The summed E-state index contributed by atoms with van der Waals surface area (Å²) in [6, 6.07) is 9.91. The van der Waals surface area contributed by atoms with Crippen LogP contribution >= 0.6 is 0 Å². The Bertz CT molecular complexity index is 699. The van der Waals surface area contributed by atoms with Crippen molar-refractivity contribution >= 4 is 17.5 Å². The molecule has 0 aliphatic carbocycles. The highest BCUT2D eigenvalue weighted by Gasteiger charge is 2.12. The fourth-order valence-electron chi connectivity index (χ4n) is 1.67. The third kappa shape index (κ3) is 3.99. The molecule has 0 bridgehead atoms. The molecule has 2 rings (SSSR count). The average molecular weight is 299 g/mol. The van der Waals surface area contributed by atoms with Gasteiger partial charge in [-0.25, -0.2) is 9.37 Å². The van der Waals surface area contributed by atoms with Crippen LogP contribution in [-0.2, 0) is 0 Å². The Morgan fingerprint density at radius 3 is 2.36 bits per heavy atom. The average Bonchev–Trinajstić information content (AvgIpc) is 2.54. The number of carbonyl (C=O) groups excluding carboxylic acids is 2. The number of hydrogen-bond donors (Lipinski definition) is 2. The van der Waals surface area contributed by atoms with Crippen LogP contribution in [0.1, 0.15) is 21.0 Å². The maximum absolute atomic E-state index is 12.8. The van der Waals surface area contributed by atoms with Crippen molar-refractivity contribution in [2.75, 3.05) is 11.9 Å². The van der Waals surface area contributed by atoms with Crippen LogP contribution in [-0.4, -0.2) is 23.3 Å². The van der Waals surface area contributed by atoms with E-state index in [0.717, 1.165) is 0 Å². The molecule has 2 N–H and O–H groups in total. The molecule has 0 atom stereocenters. The lowest BCUT2D eigenvalue weighted by molar-refractivity contribution is 0.0953. The molecular formula is C16H14FN3O2. The molecule has 0 fully saturated rings. The molecule has 112 valence electrons. The number of nitrogens with one attached hydrogen (secondary N) is 2. The zero-order chi connectivity index (χ0) is 15.9. The SMILES string of the molecule is C=CCNC(=O)c1cccc(C(=O)Nc2ccc(F)cc2)n1. The van der Waals surface area contributed by atoms with Gasteiger partial charge in [-0.15, -0.1) is 6.58 Å². The summed E-state index contributed by atoms with van der Waals surface area (Å²) in [6.45, 7) is 3.81. The first-order chi connectivity index (χ1) is 10.6. The van der Waals surface area contributed by atoms with Gasteiger partial charge in [0.15, 0.2) is 0 Å². The van der Waals surface area contributed by atoms with E-state index in [4.69, 9.17) is 0 Å². The number of pyridine rings is 1. The van der Waals surface area contributed by atoms with Crippen LogP contribution < -0.4 is 10.6 Å². The van der Waals surface area contributed by atoms with E-state index < -0.39 is 17.6 Å².